The molecular formula is C17H21ClN4. The maximum absolute atomic E-state index is 6.17. The van der Waals surface area contributed by atoms with Crippen LogP contribution in [0.1, 0.15) is 37.7 Å². The van der Waals surface area contributed by atoms with Gasteiger partial charge in [0.25, 0.3) is 0 Å². The van der Waals surface area contributed by atoms with E-state index in [4.69, 9.17) is 11.6 Å². The highest BCUT2D eigenvalue weighted by atomic mass is 35.5. The molecule has 3 rings (SSSR count). The van der Waals surface area contributed by atoms with E-state index in [0.29, 0.717) is 18.5 Å². The zero-order chi connectivity index (χ0) is 15.2. The van der Waals surface area contributed by atoms with Crippen LogP contribution in [-0.2, 0) is 6.54 Å². The lowest BCUT2D eigenvalue weighted by atomic mass is 9.96. The van der Waals surface area contributed by atoms with Gasteiger partial charge in [0.15, 0.2) is 0 Å². The van der Waals surface area contributed by atoms with E-state index in [9.17, 15) is 0 Å². The summed E-state index contributed by atoms with van der Waals surface area (Å²) in [6.07, 6.45) is 8.14. The van der Waals surface area contributed by atoms with Crippen LogP contribution in [0, 0.1) is 0 Å². The zero-order valence-corrected chi connectivity index (χ0v) is 13.3. The fourth-order valence-electron chi connectivity index (χ4n) is 2.78. The van der Waals surface area contributed by atoms with Crippen molar-refractivity contribution in [3.63, 3.8) is 0 Å². The van der Waals surface area contributed by atoms with E-state index in [1.807, 2.05) is 30.3 Å². The molecule has 0 unspecified atom stereocenters. The molecule has 1 heterocycles. The van der Waals surface area contributed by atoms with Gasteiger partial charge in [-0.1, -0.05) is 49.1 Å². The number of hydrogen-bond donors (Lipinski definition) is 2. The van der Waals surface area contributed by atoms with Crippen LogP contribution in [0.3, 0.4) is 0 Å². The Kier molecular flexibility index (Phi) is 5.11. The van der Waals surface area contributed by atoms with Gasteiger partial charge in [-0.05, 0) is 30.5 Å². The Morgan fingerprint density at radius 1 is 1.09 bits per heavy atom. The van der Waals surface area contributed by atoms with Gasteiger partial charge in [0, 0.05) is 23.8 Å². The van der Waals surface area contributed by atoms with Crippen molar-refractivity contribution in [1.29, 1.82) is 0 Å². The van der Waals surface area contributed by atoms with E-state index in [1.165, 1.54) is 32.1 Å². The van der Waals surface area contributed by atoms with Crippen LogP contribution in [0.25, 0.3) is 0 Å². The molecule has 2 N–H and O–H groups in total. The molecule has 0 saturated heterocycles. The summed E-state index contributed by atoms with van der Waals surface area (Å²) in [7, 11) is 0. The second kappa shape index (κ2) is 7.45. The van der Waals surface area contributed by atoms with Crippen molar-refractivity contribution < 1.29 is 0 Å². The van der Waals surface area contributed by atoms with Gasteiger partial charge in [-0.2, -0.15) is 4.98 Å². The van der Waals surface area contributed by atoms with E-state index in [-0.39, 0.29) is 0 Å². The number of benzene rings is 1. The lowest BCUT2D eigenvalue weighted by molar-refractivity contribution is 0.461. The van der Waals surface area contributed by atoms with Gasteiger partial charge in [-0.3, -0.25) is 0 Å². The number of anilines is 2. The first kappa shape index (κ1) is 15.1. The average molecular weight is 317 g/mol. The first-order valence-electron chi connectivity index (χ1n) is 7.88. The zero-order valence-electron chi connectivity index (χ0n) is 12.6. The van der Waals surface area contributed by atoms with Crippen LogP contribution in [0.15, 0.2) is 36.5 Å². The van der Waals surface area contributed by atoms with Crippen LogP contribution in [0.2, 0.25) is 5.02 Å². The monoisotopic (exact) mass is 316 g/mol. The van der Waals surface area contributed by atoms with Gasteiger partial charge < -0.3 is 10.6 Å². The smallest absolute Gasteiger partial charge is 0.224 e. The normalized spacial score (nSPS) is 15.5. The molecule has 5 heteroatoms. The SMILES string of the molecule is Clc1ccccc1CNc1ccnc(NC2CCCCC2)n1. The number of nitrogens with zero attached hydrogens (tertiary/aromatic N) is 2. The molecular weight excluding hydrogens is 296 g/mol. The largest absolute Gasteiger partial charge is 0.366 e. The van der Waals surface area contributed by atoms with Gasteiger partial charge in [0.05, 0.1) is 0 Å². The topological polar surface area (TPSA) is 49.8 Å². The minimum atomic E-state index is 0.507. The van der Waals surface area contributed by atoms with E-state index < -0.39 is 0 Å². The lowest BCUT2D eigenvalue weighted by Crippen LogP contribution is -2.23. The lowest BCUT2D eigenvalue weighted by Gasteiger charge is -2.22. The second-order valence-electron chi connectivity index (χ2n) is 5.69. The van der Waals surface area contributed by atoms with Gasteiger partial charge in [-0.25, -0.2) is 4.98 Å². The number of rotatable bonds is 5. The van der Waals surface area contributed by atoms with Gasteiger partial charge >= 0.3 is 0 Å². The third kappa shape index (κ3) is 4.10. The minimum absolute atomic E-state index is 0.507. The third-order valence-corrected chi connectivity index (χ3v) is 4.38. The number of hydrogen-bond acceptors (Lipinski definition) is 4. The molecule has 116 valence electrons. The Morgan fingerprint density at radius 2 is 1.91 bits per heavy atom. The van der Waals surface area contributed by atoms with Crippen LogP contribution < -0.4 is 10.6 Å². The van der Waals surface area contributed by atoms with E-state index in [0.717, 1.165) is 16.4 Å². The molecule has 0 radical (unpaired) electrons. The number of aromatic nitrogens is 2. The van der Waals surface area contributed by atoms with E-state index >= 15 is 0 Å². The summed E-state index contributed by atoms with van der Waals surface area (Å²) >= 11 is 6.17. The van der Waals surface area contributed by atoms with Crippen molar-refractivity contribution in [1.82, 2.24) is 9.97 Å². The third-order valence-electron chi connectivity index (χ3n) is 4.01. The molecule has 2 aromatic rings. The fraction of sp³-hybridized carbons (Fsp3) is 0.412. The molecule has 0 spiro atoms. The molecule has 1 aliphatic carbocycles. The summed E-state index contributed by atoms with van der Waals surface area (Å²) in [4.78, 5) is 8.85. The van der Waals surface area contributed by atoms with Crippen molar-refractivity contribution in [2.24, 2.45) is 0 Å². The predicted molar refractivity (Wildman–Crippen MR) is 91.3 cm³/mol. The summed E-state index contributed by atoms with van der Waals surface area (Å²) in [6.45, 7) is 0.652. The fourth-order valence-corrected chi connectivity index (χ4v) is 2.99. The van der Waals surface area contributed by atoms with Crippen LogP contribution in [0.4, 0.5) is 11.8 Å². The Bertz CT molecular complexity index is 611. The molecule has 1 aromatic carbocycles. The molecule has 0 amide bonds. The number of nitrogens with one attached hydrogen (secondary N) is 2. The second-order valence-corrected chi connectivity index (χ2v) is 6.10. The summed E-state index contributed by atoms with van der Waals surface area (Å²) in [5.41, 5.74) is 1.06. The highest BCUT2D eigenvalue weighted by molar-refractivity contribution is 6.31. The summed E-state index contributed by atoms with van der Waals surface area (Å²) < 4.78 is 0. The molecule has 1 fully saturated rings. The van der Waals surface area contributed by atoms with Crippen molar-refractivity contribution in [2.45, 2.75) is 44.7 Å². The number of halogens is 1. The Balaban J connectivity index is 1.60. The summed E-state index contributed by atoms with van der Waals surface area (Å²) in [6, 6.07) is 10.2. The first-order chi connectivity index (χ1) is 10.8. The standard InChI is InChI=1S/C17H21ClN4/c18-15-9-5-4-6-13(15)12-20-16-10-11-19-17(22-16)21-14-7-2-1-3-8-14/h4-6,9-11,14H,1-3,7-8,12H2,(H2,19,20,21,22). The quantitative estimate of drug-likeness (QED) is 0.853. The van der Waals surface area contributed by atoms with Crippen molar-refractivity contribution in [3.05, 3.63) is 47.1 Å². The summed E-state index contributed by atoms with van der Waals surface area (Å²) in [5.74, 6) is 1.52. The molecule has 1 aliphatic rings. The van der Waals surface area contributed by atoms with Crippen LogP contribution >= 0.6 is 11.6 Å². The van der Waals surface area contributed by atoms with Gasteiger partial charge in [-0.15, -0.1) is 0 Å². The first-order valence-corrected chi connectivity index (χ1v) is 8.26. The highest BCUT2D eigenvalue weighted by Gasteiger charge is 2.14. The predicted octanol–water partition coefficient (Wildman–Crippen LogP) is 4.49. The molecule has 1 aromatic heterocycles. The highest BCUT2D eigenvalue weighted by Crippen LogP contribution is 2.21. The Hall–Kier alpha value is -1.81. The van der Waals surface area contributed by atoms with E-state index in [2.05, 4.69) is 20.6 Å². The minimum Gasteiger partial charge on any atom is -0.366 e. The molecule has 1 saturated carbocycles. The average Bonchev–Trinajstić information content (AvgIpc) is 2.55. The van der Waals surface area contributed by atoms with Crippen LogP contribution in [-0.4, -0.2) is 16.0 Å². The molecule has 0 atom stereocenters. The van der Waals surface area contributed by atoms with Crippen molar-refractivity contribution >= 4 is 23.4 Å². The molecule has 0 bridgehead atoms. The van der Waals surface area contributed by atoms with Crippen molar-refractivity contribution in [2.75, 3.05) is 10.6 Å². The Labute approximate surface area is 136 Å². The van der Waals surface area contributed by atoms with E-state index in [1.54, 1.807) is 6.20 Å². The van der Waals surface area contributed by atoms with Gasteiger partial charge in [0.2, 0.25) is 5.95 Å². The molecule has 22 heavy (non-hydrogen) atoms. The van der Waals surface area contributed by atoms with Gasteiger partial charge in [0.1, 0.15) is 5.82 Å². The van der Waals surface area contributed by atoms with Crippen LogP contribution in [0.5, 0.6) is 0 Å². The summed E-state index contributed by atoms with van der Waals surface area (Å²) in [5, 5.41) is 7.51. The van der Waals surface area contributed by atoms with Crippen molar-refractivity contribution in [3.8, 4) is 0 Å². The Morgan fingerprint density at radius 3 is 2.73 bits per heavy atom. The maximum Gasteiger partial charge on any atom is 0.224 e. The maximum atomic E-state index is 6.17. The molecule has 4 nitrogen and oxygen atoms in total. The molecule has 0 aliphatic heterocycles.